The number of aryl methyl sites for hydroxylation is 2. The van der Waals surface area contributed by atoms with Crippen LogP contribution < -0.4 is 4.74 Å². The molecule has 0 spiro atoms. The third-order valence-electron chi connectivity index (χ3n) is 3.12. The van der Waals surface area contributed by atoms with Crippen LogP contribution in [0.4, 0.5) is 0 Å². The average Bonchev–Trinajstić information content (AvgIpc) is 2.38. The number of ether oxygens (including phenoxy) is 1. The van der Waals surface area contributed by atoms with Gasteiger partial charge in [-0.05, 0) is 36.1 Å². The summed E-state index contributed by atoms with van der Waals surface area (Å²) in [7, 11) is 1.73. The molecule has 0 fully saturated rings. The fraction of sp³-hybridized carbons (Fsp3) is 0.250. The summed E-state index contributed by atoms with van der Waals surface area (Å²) in [6.07, 6.45) is 1.04. The predicted octanol–water partition coefficient (Wildman–Crippen LogP) is 4.23. The first-order chi connectivity index (χ1) is 8.27. The Morgan fingerprint density at radius 1 is 1.00 bits per heavy atom. The summed E-state index contributed by atoms with van der Waals surface area (Å²) >= 11 is 0. The van der Waals surface area contributed by atoms with E-state index in [1.807, 2.05) is 12.1 Å². The van der Waals surface area contributed by atoms with Crippen LogP contribution in [0.2, 0.25) is 0 Å². The molecule has 0 aliphatic carbocycles. The molecule has 2 aromatic carbocycles. The van der Waals surface area contributed by atoms with Crippen molar-refractivity contribution in [2.45, 2.75) is 20.3 Å². The number of hydrogen-bond donors (Lipinski definition) is 0. The minimum absolute atomic E-state index is 0.950. The number of hydrogen-bond acceptors (Lipinski definition) is 1. The van der Waals surface area contributed by atoms with Crippen LogP contribution >= 0.6 is 0 Å². The Bertz CT molecular complexity index is 515. The molecule has 0 saturated carbocycles. The molecule has 0 amide bonds. The summed E-state index contributed by atoms with van der Waals surface area (Å²) in [6, 6.07) is 14.7. The van der Waals surface area contributed by atoms with Crippen LogP contribution in [0.5, 0.6) is 5.75 Å². The third-order valence-corrected chi connectivity index (χ3v) is 3.12. The summed E-state index contributed by atoms with van der Waals surface area (Å²) in [6.45, 7) is 4.31. The Morgan fingerprint density at radius 2 is 1.76 bits per heavy atom. The van der Waals surface area contributed by atoms with Crippen LogP contribution in [0.1, 0.15) is 18.1 Å². The Kier molecular flexibility index (Phi) is 3.48. The minimum atomic E-state index is 0.950. The van der Waals surface area contributed by atoms with E-state index >= 15 is 0 Å². The Balaban J connectivity index is 2.67. The first-order valence-electron chi connectivity index (χ1n) is 5.99. The van der Waals surface area contributed by atoms with Crippen LogP contribution in [0.15, 0.2) is 42.5 Å². The number of benzene rings is 2. The lowest BCUT2D eigenvalue weighted by atomic mass is 9.94. The lowest BCUT2D eigenvalue weighted by Gasteiger charge is -2.14. The molecule has 2 aromatic rings. The zero-order valence-electron chi connectivity index (χ0n) is 10.7. The van der Waals surface area contributed by atoms with Crippen molar-refractivity contribution in [3.63, 3.8) is 0 Å². The maximum Gasteiger partial charge on any atom is 0.126 e. The van der Waals surface area contributed by atoms with Gasteiger partial charge in [0.1, 0.15) is 5.75 Å². The maximum atomic E-state index is 5.48. The molecule has 0 N–H and O–H groups in total. The zero-order chi connectivity index (χ0) is 12.3. The van der Waals surface area contributed by atoms with Gasteiger partial charge in [-0.1, -0.05) is 43.3 Å². The molecular formula is C16H18O. The van der Waals surface area contributed by atoms with Gasteiger partial charge < -0.3 is 4.74 Å². The van der Waals surface area contributed by atoms with E-state index in [0.29, 0.717) is 0 Å². The molecule has 0 heterocycles. The standard InChI is InChI=1S/C16H18O/c1-4-13-9-5-6-10-14(13)16-12(2)8-7-11-15(16)17-3/h5-11H,4H2,1-3H3. The topological polar surface area (TPSA) is 9.23 Å². The van der Waals surface area contributed by atoms with Crippen LogP contribution in [-0.2, 0) is 6.42 Å². The Hall–Kier alpha value is -1.76. The molecule has 0 aromatic heterocycles. The zero-order valence-corrected chi connectivity index (χ0v) is 10.7. The van der Waals surface area contributed by atoms with E-state index in [1.54, 1.807) is 7.11 Å². The van der Waals surface area contributed by atoms with Gasteiger partial charge in [-0.2, -0.15) is 0 Å². The van der Waals surface area contributed by atoms with E-state index in [9.17, 15) is 0 Å². The van der Waals surface area contributed by atoms with Crippen molar-refractivity contribution >= 4 is 0 Å². The molecular weight excluding hydrogens is 208 g/mol. The summed E-state index contributed by atoms with van der Waals surface area (Å²) in [5.74, 6) is 0.950. The fourth-order valence-electron chi connectivity index (χ4n) is 2.23. The molecule has 0 unspecified atom stereocenters. The molecule has 0 saturated heterocycles. The third kappa shape index (κ3) is 2.19. The highest BCUT2D eigenvalue weighted by molar-refractivity contribution is 5.76. The minimum Gasteiger partial charge on any atom is -0.496 e. The molecule has 0 bridgehead atoms. The highest BCUT2D eigenvalue weighted by Crippen LogP contribution is 2.35. The molecule has 0 aliphatic rings. The van der Waals surface area contributed by atoms with Gasteiger partial charge >= 0.3 is 0 Å². The molecule has 2 rings (SSSR count). The van der Waals surface area contributed by atoms with Gasteiger partial charge in [0, 0.05) is 5.56 Å². The van der Waals surface area contributed by atoms with Crippen LogP contribution in [0.3, 0.4) is 0 Å². The van der Waals surface area contributed by atoms with Gasteiger partial charge in [0.2, 0.25) is 0 Å². The molecule has 0 atom stereocenters. The SMILES string of the molecule is CCc1ccccc1-c1c(C)cccc1OC. The van der Waals surface area contributed by atoms with Crippen molar-refractivity contribution < 1.29 is 4.74 Å². The van der Waals surface area contributed by atoms with Gasteiger partial charge in [-0.15, -0.1) is 0 Å². The van der Waals surface area contributed by atoms with Gasteiger partial charge in [0.05, 0.1) is 7.11 Å². The highest BCUT2D eigenvalue weighted by Gasteiger charge is 2.11. The van der Waals surface area contributed by atoms with E-state index < -0.39 is 0 Å². The second-order valence-electron chi connectivity index (χ2n) is 4.16. The van der Waals surface area contributed by atoms with Crippen LogP contribution in [0, 0.1) is 6.92 Å². The molecule has 17 heavy (non-hydrogen) atoms. The van der Waals surface area contributed by atoms with Crippen molar-refractivity contribution in [1.29, 1.82) is 0 Å². The molecule has 1 nitrogen and oxygen atoms in total. The van der Waals surface area contributed by atoms with Crippen molar-refractivity contribution in [2.75, 3.05) is 7.11 Å². The van der Waals surface area contributed by atoms with E-state index in [0.717, 1.165) is 12.2 Å². The highest BCUT2D eigenvalue weighted by atomic mass is 16.5. The summed E-state index contributed by atoms with van der Waals surface area (Å²) in [4.78, 5) is 0. The van der Waals surface area contributed by atoms with Crippen molar-refractivity contribution in [2.24, 2.45) is 0 Å². The average molecular weight is 226 g/mol. The Morgan fingerprint density at radius 3 is 2.47 bits per heavy atom. The molecule has 0 aliphatic heterocycles. The van der Waals surface area contributed by atoms with E-state index in [1.165, 1.54) is 22.3 Å². The fourth-order valence-corrected chi connectivity index (χ4v) is 2.23. The number of rotatable bonds is 3. The lowest BCUT2D eigenvalue weighted by Crippen LogP contribution is -1.94. The first kappa shape index (κ1) is 11.7. The monoisotopic (exact) mass is 226 g/mol. The van der Waals surface area contributed by atoms with Gasteiger partial charge in [0.25, 0.3) is 0 Å². The normalized spacial score (nSPS) is 10.3. The predicted molar refractivity (Wildman–Crippen MR) is 72.5 cm³/mol. The maximum absolute atomic E-state index is 5.48. The second-order valence-corrected chi connectivity index (χ2v) is 4.16. The summed E-state index contributed by atoms with van der Waals surface area (Å²) in [5, 5.41) is 0. The van der Waals surface area contributed by atoms with Crippen molar-refractivity contribution in [1.82, 2.24) is 0 Å². The van der Waals surface area contributed by atoms with E-state index in [4.69, 9.17) is 4.74 Å². The lowest BCUT2D eigenvalue weighted by molar-refractivity contribution is 0.416. The molecule has 1 heteroatoms. The van der Waals surface area contributed by atoms with Crippen LogP contribution in [0.25, 0.3) is 11.1 Å². The van der Waals surface area contributed by atoms with Gasteiger partial charge in [-0.3, -0.25) is 0 Å². The summed E-state index contributed by atoms with van der Waals surface area (Å²) < 4.78 is 5.48. The molecule has 88 valence electrons. The Labute approximate surface area is 103 Å². The van der Waals surface area contributed by atoms with Gasteiger partial charge in [-0.25, -0.2) is 0 Å². The largest absolute Gasteiger partial charge is 0.496 e. The second kappa shape index (κ2) is 5.05. The quantitative estimate of drug-likeness (QED) is 0.761. The van der Waals surface area contributed by atoms with E-state index in [-0.39, 0.29) is 0 Å². The van der Waals surface area contributed by atoms with Crippen molar-refractivity contribution in [3.05, 3.63) is 53.6 Å². The molecule has 0 radical (unpaired) electrons. The summed E-state index contributed by atoms with van der Waals surface area (Å²) in [5.41, 5.74) is 5.11. The smallest absolute Gasteiger partial charge is 0.126 e. The first-order valence-corrected chi connectivity index (χ1v) is 5.99. The van der Waals surface area contributed by atoms with Crippen molar-refractivity contribution in [3.8, 4) is 16.9 Å². The van der Waals surface area contributed by atoms with Crippen LogP contribution in [-0.4, -0.2) is 7.11 Å². The number of methoxy groups -OCH3 is 1. The van der Waals surface area contributed by atoms with Gasteiger partial charge in [0.15, 0.2) is 0 Å². The van der Waals surface area contributed by atoms with E-state index in [2.05, 4.69) is 44.2 Å².